The lowest BCUT2D eigenvalue weighted by molar-refractivity contribution is -0.384. The first-order valence-corrected chi connectivity index (χ1v) is 8.84. The fourth-order valence-corrected chi connectivity index (χ4v) is 4.21. The molecule has 1 aliphatic carbocycles. The Kier molecular flexibility index (Phi) is 4.93. The van der Waals surface area contributed by atoms with Crippen LogP contribution in [0, 0.1) is 22.0 Å². The molecule has 2 fully saturated rings. The van der Waals surface area contributed by atoms with E-state index in [0.717, 1.165) is 24.8 Å². The third kappa shape index (κ3) is 4.07. The van der Waals surface area contributed by atoms with Crippen LogP contribution in [0.2, 0.25) is 0 Å². The highest BCUT2D eigenvalue weighted by Gasteiger charge is 2.46. The van der Waals surface area contributed by atoms with Crippen LogP contribution < -0.4 is 0 Å². The molecule has 1 aromatic carbocycles. The van der Waals surface area contributed by atoms with Gasteiger partial charge in [-0.05, 0) is 63.6 Å². The number of non-ortho nitro benzene ring substituents is 1. The van der Waals surface area contributed by atoms with Crippen molar-refractivity contribution in [3.05, 3.63) is 39.9 Å². The molecule has 25 heavy (non-hydrogen) atoms. The number of carbonyl (C=O) groups is 1. The van der Waals surface area contributed by atoms with Crippen LogP contribution in [0.25, 0.3) is 0 Å². The molecule has 4 atom stereocenters. The molecule has 1 saturated heterocycles. The van der Waals surface area contributed by atoms with E-state index in [-0.39, 0.29) is 29.6 Å². The number of benzene rings is 1. The van der Waals surface area contributed by atoms with Gasteiger partial charge in [-0.3, -0.25) is 10.1 Å². The molecule has 1 heterocycles. The summed E-state index contributed by atoms with van der Waals surface area (Å²) in [6, 6.07) is 6.59. The molecule has 0 aromatic heterocycles. The molecule has 0 bridgehead atoms. The van der Waals surface area contributed by atoms with Crippen molar-refractivity contribution in [3.8, 4) is 0 Å². The SMILES string of the molecule is CC(=O)C[C@H]1CCC2OC(C)(C)O[C@H](c3ccc([N+](=O)[O-])cc3)C2C1. The highest BCUT2D eigenvalue weighted by atomic mass is 16.7. The summed E-state index contributed by atoms with van der Waals surface area (Å²) in [5.41, 5.74) is 1.00. The third-order valence-electron chi connectivity index (χ3n) is 5.19. The smallest absolute Gasteiger partial charge is 0.269 e. The first-order valence-electron chi connectivity index (χ1n) is 8.84. The normalized spacial score (nSPS) is 31.2. The Labute approximate surface area is 147 Å². The van der Waals surface area contributed by atoms with Gasteiger partial charge in [0.25, 0.3) is 5.69 Å². The molecule has 0 amide bonds. The lowest BCUT2D eigenvalue weighted by Crippen LogP contribution is -2.49. The number of fused-ring (bicyclic) bond motifs is 1. The molecule has 136 valence electrons. The van der Waals surface area contributed by atoms with Crippen LogP contribution >= 0.6 is 0 Å². The minimum Gasteiger partial charge on any atom is -0.347 e. The van der Waals surface area contributed by atoms with Crippen LogP contribution in [0.3, 0.4) is 0 Å². The van der Waals surface area contributed by atoms with E-state index >= 15 is 0 Å². The van der Waals surface area contributed by atoms with Gasteiger partial charge >= 0.3 is 0 Å². The van der Waals surface area contributed by atoms with E-state index in [0.29, 0.717) is 12.3 Å². The molecule has 2 unspecified atom stereocenters. The molecule has 1 saturated carbocycles. The lowest BCUT2D eigenvalue weighted by Gasteiger charge is -2.49. The molecular weight excluding hydrogens is 322 g/mol. The van der Waals surface area contributed by atoms with Crippen LogP contribution in [0.5, 0.6) is 0 Å². The second kappa shape index (κ2) is 6.84. The first kappa shape index (κ1) is 18.0. The van der Waals surface area contributed by atoms with Gasteiger partial charge in [0.2, 0.25) is 0 Å². The minimum atomic E-state index is -0.693. The van der Waals surface area contributed by atoms with E-state index in [1.165, 1.54) is 12.1 Å². The topological polar surface area (TPSA) is 78.7 Å². The average molecular weight is 347 g/mol. The van der Waals surface area contributed by atoms with Crippen LogP contribution in [-0.4, -0.2) is 22.6 Å². The Bertz CT molecular complexity index is 654. The summed E-state index contributed by atoms with van der Waals surface area (Å²) in [6.07, 6.45) is 3.29. The Morgan fingerprint density at radius 2 is 1.92 bits per heavy atom. The average Bonchev–Trinajstić information content (AvgIpc) is 2.53. The van der Waals surface area contributed by atoms with E-state index in [2.05, 4.69) is 0 Å². The van der Waals surface area contributed by atoms with Crippen LogP contribution in [0.4, 0.5) is 5.69 Å². The summed E-state index contributed by atoms with van der Waals surface area (Å²) in [6.45, 7) is 5.45. The van der Waals surface area contributed by atoms with Crippen LogP contribution in [0.15, 0.2) is 24.3 Å². The molecule has 3 rings (SSSR count). The van der Waals surface area contributed by atoms with Crippen molar-refractivity contribution in [2.75, 3.05) is 0 Å². The molecular formula is C19H25NO5. The van der Waals surface area contributed by atoms with Gasteiger partial charge in [-0.1, -0.05) is 0 Å². The third-order valence-corrected chi connectivity index (χ3v) is 5.19. The maximum absolute atomic E-state index is 11.5. The molecule has 6 heteroatoms. The van der Waals surface area contributed by atoms with Gasteiger partial charge in [-0.2, -0.15) is 0 Å². The summed E-state index contributed by atoms with van der Waals surface area (Å²) < 4.78 is 12.3. The number of ether oxygens (including phenoxy) is 2. The molecule has 0 spiro atoms. The zero-order valence-corrected chi connectivity index (χ0v) is 14.9. The fraction of sp³-hybridized carbons (Fsp3) is 0.632. The summed E-state index contributed by atoms with van der Waals surface area (Å²) in [4.78, 5) is 22.0. The first-order chi connectivity index (χ1) is 11.7. The van der Waals surface area contributed by atoms with Crippen molar-refractivity contribution in [2.45, 2.75) is 64.4 Å². The maximum atomic E-state index is 11.5. The summed E-state index contributed by atoms with van der Waals surface area (Å²) in [5, 5.41) is 10.9. The van der Waals surface area contributed by atoms with Gasteiger partial charge in [-0.15, -0.1) is 0 Å². The highest BCUT2D eigenvalue weighted by molar-refractivity contribution is 5.75. The van der Waals surface area contributed by atoms with E-state index in [4.69, 9.17) is 9.47 Å². The van der Waals surface area contributed by atoms with Crippen molar-refractivity contribution < 1.29 is 19.2 Å². The Morgan fingerprint density at radius 1 is 1.24 bits per heavy atom. The van der Waals surface area contributed by atoms with E-state index in [9.17, 15) is 14.9 Å². The van der Waals surface area contributed by atoms with Gasteiger partial charge in [0.1, 0.15) is 5.78 Å². The summed E-state index contributed by atoms with van der Waals surface area (Å²) >= 11 is 0. The zero-order valence-electron chi connectivity index (χ0n) is 14.9. The van der Waals surface area contributed by atoms with Crippen molar-refractivity contribution in [3.63, 3.8) is 0 Å². The summed E-state index contributed by atoms with van der Waals surface area (Å²) in [5.74, 6) is 0.0368. The van der Waals surface area contributed by atoms with E-state index < -0.39 is 10.7 Å². The van der Waals surface area contributed by atoms with Gasteiger partial charge in [0.05, 0.1) is 17.1 Å². The van der Waals surface area contributed by atoms with Crippen molar-refractivity contribution >= 4 is 11.5 Å². The van der Waals surface area contributed by atoms with Crippen LogP contribution in [-0.2, 0) is 14.3 Å². The fourth-order valence-electron chi connectivity index (χ4n) is 4.21. The number of nitrogens with zero attached hydrogens (tertiary/aromatic N) is 1. The number of hydrogen-bond donors (Lipinski definition) is 0. The highest BCUT2D eigenvalue weighted by Crippen LogP contribution is 2.48. The van der Waals surface area contributed by atoms with Gasteiger partial charge in [0.15, 0.2) is 5.79 Å². The number of nitro benzene ring substituents is 1. The number of ketones is 1. The standard InChI is InChI=1S/C19H25NO5/c1-12(21)10-13-4-9-17-16(11-13)18(25-19(2,3)24-17)14-5-7-15(8-6-14)20(22)23/h5-8,13,16-18H,4,9-11H2,1-3H3/t13-,16?,17?,18-/m1/s1. The molecule has 2 aliphatic rings. The lowest BCUT2D eigenvalue weighted by atomic mass is 9.73. The van der Waals surface area contributed by atoms with Crippen LogP contribution in [0.1, 0.15) is 58.1 Å². The second-order valence-corrected chi connectivity index (χ2v) is 7.69. The number of carbonyl (C=O) groups excluding carboxylic acids is 1. The van der Waals surface area contributed by atoms with Gasteiger partial charge in [0, 0.05) is 24.5 Å². The maximum Gasteiger partial charge on any atom is 0.269 e. The van der Waals surface area contributed by atoms with Gasteiger partial charge < -0.3 is 14.3 Å². The van der Waals surface area contributed by atoms with Crippen molar-refractivity contribution in [1.29, 1.82) is 0 Å². The second-order valence-electron chi connectivity index (χ2n) is 7.69. The Balaban J connectivity index is 1.85. The van der Waals surface area contributed by atoms with E-state index in [1.807, 2.05) is 13.8 Å². The predicted molar refractivity (Wildman–Crippen MR) is 92.0 cm³/mol. The quantitative estimate of drug-likeness (QED) is 0.603. The molecule has 0 N–H and O–H groups in total. The minimum absolute atomic E-state index is 0.0738. The van der Waals surface area contributed by atoms with Crippen molar-refractivity contribution in [1.82, 2.24) is 0 Å². The number of Topliss-reactive ketones (excluding diaryl/α,β-unsaturated/α-hetero) is 1. The Hall–Kier alpha value is -1.79. The molecule has 1 aromatic rings. The zero-order chi connectivity index (χ0) is 18.2. The number of rotatable bonds is 4. The molecule has 1 aliphatic heterocycles. The summed E-state index contributed by atoms with van der Waals surface area (Å²) in [7, 11) is 0. The Morgan fingerprint density at radius 3 is 2.52 bits per heavy atom. The molecule has 0 radical (unpaired) electrons. The largest absolute Gasteiger partial charge is 0.347 e. The monoisotopic (exact) mass is 347 g/mol. The number of nitro groups is 1. The van der Waals surface area contributed by atoms with E-state index in [1.54, 1.807) is 19.1 Å². The number of hydrogen-bond acceptors (Lipinski definition) is 5. The van der Waals surface area contributed by atoms with Gasteiger partial charge in [-0.25, -0.2) is 0 Å². The predicted octanol–water partition coefficient (Wildman–Crippen LogP) is 4.18. The molecule has 6 nitrogen and oxygen atoms in total. The van der Waals surface area contributed by atoms with Crippen molar-refractivity contribution in [2.24, 2.45) is 11.8 Å².